The van der Waals surface area contributed by atoms with Gasteiger partial charge in [0.25, 0.3) is 0 Å². The van der Waals surface area contributed by atoms with E-state index in [2.05, 4.69) is 0 Å². The van der Waals surface area contributed by atoms with E-state index in [1.54, 1.807) is 0 Å². The lowest BCUT2D eigenvalue weighted by atomic mass is 10.0. The fourth-order valence-corrected chi connectivity index (χ4v) is 4.15. The van der Waals surface area contributed by atoms with E-state index in [4.69, 9.17) is 5.73 Å². The summed E-state index contributed by atoms with van der Waals surface area (Å²) in [5, 5.41) is -0.0859. The summed E-state index contributed by atoms with van der Waals surface area (Å²) < 4.78 is 23.4. The summed E-state index contributed by atoms with van der Waals surface area (Å²) in [5.41, 5.74) is 5.96. The first-order chi connectivity index (χ1) is 6.52. The van der Waals surface area contributed by atoms with E-state index in [0.717, 1.165) is 44.9 Å². The van der Waals surface area contributed by atoms with Gasteiger partial charge in [0.2, 0.25) is 0 Å². The molecule has 2 N–H and O–H groups in total. The van der Waals surface area contributed by atoms with Crippen molar-refractivity contribution in [2.24, 2.45) is 5.73 Å². The normalized spacial score (nSPS) is 33.9. The Kier molecular flexibility index (Phi) is 2.60. The molecular weight excluding hydrogens is 198 g/mol. The largest absolute Gasteiger partial charge is 0.325 e. The standard InChI is InChI=1S/C10H19NO2S/c11-10(6-7-10)5-4-9-3-1-2-8-14(9,12)13/h9H,1-8,11H2. The van der Waals surface area contributed by atoms with Crippen molar-refractivity contribution in [1.82, 2.24) is 0 Å². The molecule has 82 valence electrons. The summed E-state index contributed by atoms with van der Waals surface area (Å²) in [5.74, 6) is 0.398. The monoisotopic (exact) mass is 217 g/mol. The third kappa shape index (κ3) is 2.28. The highest BCUT2D eigenvalue weighted by atomic mass is 32.2. The molecule has 1 aliphatic carbocycles. The van der Waals surface area contributed by atoms with Crippen LogP contribution in [0.3, 0.4) is 0 Å². The van der Waals surface area contributed by atoms with Gasteiger partial charge in [0, 0.05) is 5.54 Å². The molecule has 1 saturated heterocycles. The Morgan fingerprint density at radius 2 is 2.00 bits per heavy atom. The first-order valence-corrected chi connectivity index (χ1v) is 7.24. The van der Waals surface area contributed by atoms with Gasteiger partial charge in [-0.15, -0.1) is 0 Å². The number of hydrogen-bond acceptors (Lipinski definition) is 3. The number of hydrogen-bond donors (Lipinski definition) is 1. The number of rotatable bonds is 3. The van der Waals surface area contributed by atoms with Crippen LogP contribution in [0.2, 0.25) is 0 Å². The van der Waals surface area contributed by atoms with E-state index < -0.39 is 9.84 Å². The van der Waals surface area contributed by atoms with E-state index in [9.17, 15) is 8.42 Å². The van der Waals surface area contributed by atoms with E-state index in [-0.39, 0.29) is 10.8 Å². The minimum Gasteiger partial charge on any atom is -0.325 e. The molecule has 0 radical (unpaired) electrons. The number of nitrogens with two attached hydrogens (primary N) is 1. The van der Waals surface area contributed by atoms with Gasteiger partial charge < -0.3 is 5.73 Å². The van der Waals surface area contributed by atoms with Crippen molar-refractivity contribution in [3.05, 3.63) is 0 Å². The first-order valence-electron chi connectivity index (χ1n) is 5.52. The summed E-state index contributed by atoms with van der Waals surface area (Å²) in [6.07, 6.45) is 6.64. The Balaban J connectivity index is 1.89. The highest BCUT2D eigenvalue weighted by molar-refractivity contribution is 7.92. The van der Waals surface area contributed by atoms with Crippen molar-refractivity contribution < 1.29 is 8.42 Å². The van der Waals surface area contributed by atoms with Gasteiger partial charge >= 0.3 is 0 Å². The molecule has 0 spiro atoms. The van der Waals surface area contributed by atoms with Gasteiger partial charge in [0.05, 0.1) is 11.0 Å². The maximum atomic E-state index is 11.7. The topological polar surface area (TPSA) is 60.2 Å². The molecule has 1 unspecified atom stereocenters. The van der Waals surface area contributed by atoms with E-state index in [0.29, 0.717) is 5.75 Å². The second kappa shape index (κ2) is 3.49. The molecule has 0 aromatic carbocycles. The van der Waals surface area contributed by atoms with Crippen LogP contribution in [-0.2, 0) is 9.84 Å². The van der Waals surface area contributed by atoms with Gasteiger partial charge in [-0.1, -0.05) is 6.42 Å². The Hall–Kier alpha value is -0.0900. The summed E-state index contributed by atoms with van der Waals surface area (Å²) in [7, 11) is -2.77. The molecule has 1 aliphatic heterocycles. The van der Waals surface area contributed by atoms with Crippen LogP contribution in [0, 0.1) is 0 Å². The van der Waals surface area contributed by atoms with Crippen molar-refractivity contribution in [3.8, 4) is 0 Å². The number of sulfone groups is 1. The smallest absolute Gasteiger partial charge is 0.153 e. The molecule has 1 atom stereocenters. The minimum absolute atomic E-state index is 0.00691. The molecule has 0 amide bonds. The van der Waals surface area contributed by atoms with Crippen LogP contribution in [0.25, 0.3) is 0 Å². The van der Waals surface area contributed by atoms with Gasteiger partial charge in [0.1, 0.15) is 0 Å². The summed E-state index contributed by atoms with van der Waals surface area (Å²) in [6, 6.07) is 0. The van der Waals surface area contributed by atoms with Gasteiger partial charge in [0.15, 0.2) is 9.84 Å². The lowest BCUT2D eigenvalue weighted by Gasteiger charge is -2.23. The summed E-state index contributed by atoms with van der Waals surface area (Å²) in [4.78, 5) is 0. The Bertz CT molecular complexity index is 306. The average Bonchev–Trinajstić information content (AvgIpc) is 2.82. The molecule has 2 fully saturated rings. The molecule has 2 aliphatic rings. The molecule has 1 heterocycles. The lowest BCUT2D eigenvalue weighted by Crippen LogP contribution is -2.31. The lowest BCUT2D eigenvalue weighted by molar-refractivity contribution is 0.493. The predicted octanol–water partition coefficient (Wildman–Crippen LogP) is 1.23. The van der Waals surface area contributed by atoms with Crippen LogP contribution in [0.15, 0.2) is 0 Å². The summed E-state index contributed by atoms with van der Waals surface area (Å²) >= 11 is 0. The maximum Gasteiger partial charge on any atom is 0.153 e. The van der Waals surface area contributed by atoms with Gasteiger partial charge in [-0.25, -0.2) is 8.42 Å². The van der Waals surface area contributed by atoms with Crippen LogP contribution in [0.4, 0.5) is 0 Å². The van der Waals surface area contributed by atoms with E-state index in [1.165, 1.54) is 0 Å². The zero-order chi connectivity index (χ0) is 10.2. The summed E-state index contributed by atoms with van der Waals surface area (Å²) in [6.45, 7) is 0. The van der Waals surface area contributed by atoms with E-state index >= 15 is 0 Å². The molecule has 4 heteroatoms. The molecule has 0 aromatic heterocycles. The van der Waals surface area contributed by atoms with Gasteiger partial charge in [-0.3, -0.25) is 0 Å². The Morgan fingerprint density at radius 1 is 1.29 bits per heavy atom. The fraction of sp³-hybridized carbons (Fsp3) is 1.00. The third-order valence-corrected chi connectivity index (χ3v) is 5.91. The molecule has 0 bridgehead atoms. The molecule has 3 nitrogen and oxygen atoms in total. The highest BCUT2D eigenvalue weighted by Crippen LogP contribution is 2.38. The SMILES string of the molecule is NC1(CCC2CCCCS2(=O)=O)CC1. The van der Waals surface area contributed by atoms with E-state index in [1.807, 2.05) is 0 Å². The Morgan fingerprint density at radius 3 is 2.57 bits per heavy atom. The van der Waals surface area contributed by atoms with Crippen molar-refractivity contribution in [1.29, 1.82) is 0 Å². The molecule has 1 saturated carbocycles. The molecule has 2 rings (SSSR count). The molecular formula is C10H19NO2S. The predicted molar refractivity (Wildman–Crippen MR) is 56.8 cm³/mol. The van der Waals surface area contributed by atoms with Crippen LogP contribution in [-0.4, -0.2) is 25.0 Å². The molecule has 14 heavy (non-hydrogen) atoms. The van der Waals surface area contributed by atoms with Gasteiger partial charge in [-0.2, -0.15) is 0 Å². The van der Waals surface area contributed by atoms with Crippen LogP contribution >= 0.6 is 0 Å². The minimum atomic E-state index is -2.77. The van der Waals surface area contributed by atoms with Crippen LogP contribution < -0.4 is 5.73 Å². The second-order valence-electron chi connectivity index (χ2n) is 4.89. The van der Waals surface area contributed by atoms with Crippen molar-refractivity contribution in [2.45, 2.75) is 55.7 Å². The second-order valence-corrected chi connectivity index (χ2v) is 7.29. The van der Waals surface area contributed by atoms with Crippen LogP contribution in [0.1, 0.15) is 44.9 Å². The first kappa shape index (κ1) is 10.4. The van der Waals surface area contributed by atoms with Gasteiger partial charge in [-0.05, 0) is 38.5 Å². The third-order valence-electron chi connectivity index (χ3n) is 3.57. The molecule has 0 aromatic rings. The fourth-order valence-electron chi connectivity index (χ4n) is 2.20. The average molecular weight is 217 g/mol. The van der Waals surface area contributed by atoms with Crippen molar-refractivity contribution in [2.75, 3.05) is 5.75 Å². The highest BCUT2D eigenvalue weighted by Gasteiger charge is 2.39. The van der Waals surface area contributed by atoms with Crippen LogP contribution in [0.5, 0.6) is 0 Å². The van der Waals surface area contributed by atoms with Crippen molar-refractivity contribution in [3.63, 3.8) is 0 Å². The van der Waals surface area contributed by atoms with Crippen molar-refractivity contribution >= 4 is 9.84 Å². The quantitative estimate of drug-likeness (QED) is 0.773. The maximum absolute atomic E-state index is 11.7. The zero-order valence-corrected chi connectivity index (χ0v) is 9.35. The zero-order valence-electron chi connectivity index (χ0n) is 8.54. The Labute approximate surface area is 86.0 Å².